The zero-order valence-electron chi connectivity index (χ0n) is 6.52. The molecule has 0 amide bonds. The molecule has 1 aromatic carbocycles. The van der Waals surface area contributed by atoms with Crippen LogP contribution in [0.2, 0.25) is 0 Å². The van der Waals surface area contributed by atoms with E-state index in [2.05, 4.69) is 13.3 Å². The SMILES string of the molecule is O=Cc1ccccc1.[C-]#[O+].[C-]#[O+].[Rh]. The summed E-state index contributed by atoms with van der Waals surface area (Å²) in [6.07, 6.45) is 0.833. The molecule has 0 aliphatic heterocycles. The monoisotopic (exact) mass is 265 g/mol. The smallest absolute Gasteiger partial charge is 0 e. The van der Waals surface area contributed by atoms with Crippen molar-refractivity contribution in [1.82, 2.24) is 0 Å². The van der Waals surface area contributed by atoms with Crippen molar-refractivity contribution in [3.63, 3.8) is 0 Å². The molecular formula is C9H6O3Rh. The third-order valence-corrected chi connectivity index (χ3v) is 0.936. The average Bonchev–Trinajstić information content (AvgIpc) is 2.25. The Morgan fingerprint density at radius 3 is 1.62 bits per heavy atom. The fourth-order valence-electron chi connectivity index (χ4n) is 0.532. The van der Waals surface area contributed by atoms with Gasteiger partial charge in [0.1, 0.15) is 6.29 Å². The number of hydrogen-bond donors (Lipinski definition) is 0. The summed E-state index contributed by atoms with van der Waals surface area (Å²) in [6.45, 7) is 9.00. The van der Waals surface area contributed by atoms with E-state index >= 15 is 0 Å². The molecule has 0 aliphatic carbocycles. The van der Waals surface area contributed by atoms with Gasteiger partial charge in [-0.15, -0.1) is 0 Å². The molecular weight excluding hydrogens is 259 g/mol. The van der Waals surface area contributed by atoms with Crippen molar-refractivity contribution >= 4 is 6.29 Å². The van der Waals surface area contributed by atoms with Gasteiger partial charge in [0.2, 0.25) is 0 Å². The predicted molar refractivity (Wildman–Crippen MR) is 39.7 cm³/mol. The van der Waals surface area contributed by atoms with E-state index in [0.29, 0.717) is 0 Å². The molecule has 0 N–H and O–H groups in total. The molecule has 69 valence electrons. The Balaban J connectivity index is -0.000000178. The number of hydrogen-bond acceptors (Lipinski definition) is 1. The molecule has 0 unspecified atom stereocenters. The zero-order valence-corrected chi connectivity index (χ0v) is 8.16. The average molecular weight is 265 g/mol. The van der Waals surface area contributed by atoms with Crippen LogP contribution in [0.4, 0.5) is 0 Å². The minimum Gasteiger partial charge on any atom is 0 e. The van der Waals surface area contributed by atoms with Gasteiger partial charge >= 0.3 is 22.6 Å². The summed E-state index contributed by atoms with van der Waals surface area (Å²) < 4.78 is 15.0. The van der Waals surface area contributed by atoms with Crippen LogP contribution in [0.1, 0.15) is 10.4 Å². The quantitative estimate of drug-likeness (QED) is 0.328. The molecule has 3 nitrogen and oxygen atoms in total. The Kier molecular flexibility index (Phi) is 23.7. The first-order chi connectivity index (χ1) is 5.93. The second-order valence-corrected chi connectivity index (χ2v) is 1.53. The fraction of sp³-hybridized carbons (Fsp3) is 0. The molecule has 0 fully saturated rings. The van der Waals surface area contributed by atoms with Gasteiger partial charge in [-0.3, -0.25) is 4.79 Å². The fourth-order valence-corrected chi connectivity index (χ4v) is 0.532. The van der Waals surface area contributed by atoms with Gasteiger partial charge in [0.15, 0.2) is 0 Å². The number of carbonyl (C=O) groups excluding carboxylic acids is 1. The number of rotatable bonds is 1. The van der Waals surface area contributed by atoms with E-state index in [1.54, 1.807) is 12.1 Å². The minimum absolute atomic E-state index is 0. The maximum Gasteiger partial charge on any atom is 0 e. The van der Waals surface area contributed by atoms with Crippen molar-refractivity contribution < 1.29 is 33.6 Å². The van der Waals surface area contributed by atoms with E-state index in [4.69, 9.17) is 9.30 Å². The molecule has 1 aromatic rings. The van der Waals surface area contributed by atoms with Gasteiger partial charge in [-0.25, -0.2) is 0 Å². The summed E-state index contributed by atoms with van der Waals surface area (Å²) in [5.41, 5.74) is 0.729. The molecule has 13 heavy (non-hydrogen) atoms. The topological polar surface area (TPSA) is 56.9 Å². The van der Waals surface area contributed by atoms with Crippen LogP contribution in [-0.2, 0) is 28.8 Å². The van der Waals surface area contributed by atoms with Gasteiger partial charge in [0, 0.05) is 25.0 Å². The molecule has 0 aliphatic rings. The Morgan fingerprint density at radius 2 is 1.38 bits per heavy atom. The van der Waals surface area contributed by atoms with E-state index in [1.165, 1.54) is 0 Å². The van der Waals surface area contributed by atoms with Crippen LogP contribution in [0, 0.1) is 13.3 Å². The molecule has 1 rings (SSSR count). The van der Waals surface area contributed by atoms with Gasteiger partial charge < -0.3 is 0 Å². The van der Waals surface area contributed by atoms with Crippen LogP contribution < -0.4 is 0 Å². The van der Waals surface area contributed by atoms with Crippen molar-refractivity contribution in [2.45, 2.75) is 0 Å². The molecule has 0 saturated carbocycles. The summed E-state index contributed by atoms with van der Waals surface area (Å²) in [6, 6.07) is 9.10. The molecule has 0 aromatic heterocycles. The Bertz CT molecular complexity index is 235. The number of carbonyl (C=O) groups is 1. The largest absolute Gasteiger partial charge is 0 e. The van der Waals surface area contributed by atoms with Gasteiger partial charge in [0.25, 0.3) is 0 Å². The van der Waals surface area contributed by atoms with Crippen LogP contribution in [0.25, 0.3) is 0 Å². The summed E-state index contributed by atoms with van der Waals surface area (Å²) in [5, 5.41) is 0. The normalized spacial score (nSPS) is 5.54. The molecule has 0 heterocycles. The van der Waals surface area contributed by atoms with Crippen molar-refractivity contribution in [2.24, 2.45) is 0 Å². The summed E-state index contributed by atoms with van der Waals surface area (Å²) in [5.74, 6) is 0. The van der Waals surface area contributed by atoms with Gasteiger partial charge in [-0.1, -0.05) is 30.3 Å². The third-order valence-electron chi connectivity index (χ3n) is 0.936. The Labute approximate surface area is 89.3 Å². The second kappa shape index (κ2) is 17.2. The first-order valence-electron chi connectivity index (χ1n) is 2.84. The van der Waals surface area contributed by atoms with Crippen LogP contribution in [0.3, 0.4) is 0 Å². The van der Waals surface area contributed by atoms with Crippen molar-refractivity contribution in [3.8, 4) is 0 Å². The van der Waals surface area contributed by atoms with Crippen molar-refractivity contribution in [2.75, 3.05) is 0 Å². The number of benzene rings is 1. The van der Waals surface area contributed by atoms with E-state index in [-0.39, 0.29) is 19.5 Å². The van der Waals surface area contributed by atoms with Gasteiger partial charge in [-0.05, 0) is 0 Å². The van der Waals surface area contributed by atoms with Crippen LogP contribution in [-0.4, -0.2) is 6.29 Å². The van der Waals surface area contributed by atoms with Crippen LogP contribution in [0.15, 0.2) is 30.3 Å². The first kappa shape index (κ1) is 17.9. The summed E-state index contributed by atoms with van der Waals surface area (Å²) in [7, 11) is 0. The molecule has 0 spiro atoms. The van der Waals surface area contributed by atoms with E-state index in [9.17, 15) is 4.79 Å². The Morgan fingerprint density at radius 1 is 1.00 bits per heavy atom. The zero-order chi connectivity index (χ0) is 9.82. The Hall–Kier alpha value is -1.01. The molecule has 0 atom stereocenters. The predicted octanol–water partition coefficient (Wildman–Crippen LogP) is 1.42. The van der Waals surface area contributed by atoms with Crippen LogP contribution in [0.5, 0.6) is 0 Å². The maximum absolute atomic E-state index is 10.0. The maximum atomic E-state index is 10.0. The molecule has 0 bridgehead atoms. The van der Waals surface area contributed by atoms with E-state index < -0.39 is 0 Å². The van der Waals surface area contributed by atoms with Crippen molar-refractivity contribution in [3.05, 3.63) is 49.2 Å². The van der Waals surface area contributed by atoms with Gasteiger partial charge in [0.05, 0.1) is 0 Å². The molecule has 1 radical (unpaired) electrons. The standard InChI is InChI=1S/C7H6O.2CO.Rh/c8-6-7-4-2-1-3-5-7;2*1-2;/h1-6H;;;. The second-order valence-electron chi connectivity index (χ2n) is 1.53. The molecule has 4 heteroatoms. The minimum atomic E-state index is 0. The van der Waals surface area contributed by atoms with E-state index in [1.807, 2.05) is 18.2 Å². The molecule has 0 saturated heterocycles. The third kappa shape index (κ3) is 11.0. The first-order valence-corrected chi connectivity index (χ1v) is 2.84. The summed E-state index contributed by atoms with van der Waals surface area (Å²) >= 11 is 0. The summed E-state index contributed by atoms with van der Waals surface area (Å²) in [4.78, 5) is 10.0. The van der Waals surface area contributed by atoms with E-state index in [0.717, 1.165) is 11.8 Å². The number of aldehydes is 1. The van der Waals surface area contributed by atoms with Crippen LogP contribution >= 0.6 is 0 Å². The van der Waals surface area contributed by atoms with Gasteiger partial charge in [-0.2, -0.15) is 0 Å². The van der Waals surface area contributed by atoms with Crippen molar-refractivity contribution in [1.29, 1.82) is 0 Å².